The summed E-state index contributed by atoms with van der Waals surface area (Å²) < 4.78 is 111. The van der Waals surface area contributed by atoms with Crippen LogP contribution in [0.1, 0.15) is 20.8 Å². The third-order valence-corrected chi connectivity index (χ3v) is 4.23. The molecular weight excluding hydrogens is 374 g/mol. The molecule has 0 aromatic heterocycles. The minimum Gasteiger partial charge on any atom is -0.467 e. The van der Waals surface area contributed by atoms with Gasteiger partial charge in [-0.15, -0.1) is 0 Å². The predicted molar refractivity (Wildman–Crippen MR) is 64.4 cm³/mol. The number of esters is 1. The van der Waals surface area contributed by atoms with Crippen molar-refractivity contribution in [2.45, 2.75) is 38.1 Å². The molecule has 0 spiro atoms. The summed E-state index contributed by atoms with van der Waals surface area (Å²) in [6.07, 6.45) is -5.14. The van der Waals surface area contributed by atoms with Crippen molar-refractivity contribution in [2.24, 2.45) is 5.92 Å². The zero-order valence-corrected chi connectivity index (χ0v) is 13.2. The van der Waals surface area contributed by atoms with Crippen LogP contribution in [-0.2, 0) is 28.6 Å². The predicted octanol–water partition coefficient (Wildman–Crippen LogP) is 2.61. The average molecular weight is 386 g/mol. The van der Waals surface area contributed by atoms with E-state index < -0.39 is 50.8 Å². The number of carbonyl (C=O) groups is 1. The van der Waals surface area contributed by atoms with Crippen molar-refractivity contribution in [3.05, 3.63) is 11.5 Å². The lowest BCUT2D eigenvalue weighted by Crippen LogP contribution is -2.47. The number of alkyl halides is 6. The van der Waals surface area contributed by atoms with Crippen molar-refractivity contribution in [3.8, 4) is 0 Å². The van der Waals surface area contributed by atoms with E-state index in [4.69, 9.17) is 0 Å². The smallest absolute Gasteiger partial charge is 0.467 e. The van der Waals surface area contributed by atoms with E-state index in [0.717, 1.165) is 0 Å². The molecule has 6 nitrogen and oxygen atoms in total. The molecule has 1 rings (SSSR count). The van der Waals surface area contributed by atoms with Crippen LogP contribution in [0.2, 0.25) is 0 Å². The van der Waals surface area contributed by atoms with Gasteiger partial charge >= 0.3 is 27.8 Å². The molecule has 0 aliphatic carbocycles. The Morgan fingerprint density at radius 3 is 2.12 bits per heavy atom. The number of hydrogen-bond donors (Lipinski definition) is 0. The number of hydrogen-bond acceptors (Lipinski definition) is 6. The molecule has 0 bridgehead atoms. The Morgan fingerprint density at radius 1 is 1.25 bits per heavy atom. The van der Waals surface area contributed by atoms with Crippen molar-refractivity contribution in [3.63, 3.8) is 0 Å². The lowest BCUT2D eigenvalue weighted by molar-refractivity contribution is -0.263. The molecule has 0 saturated carbocycles. The van der Waals surface area contributed by atoms with Gasteiger partial charge in [-0.3, -0.25) is 0 Å². The zero-order valence-electron chi connectivity index (χ0n) is 12.4. The first-order valence-electron chi connectivity index (χ1n) is 6.26. The molecule has 0 saturated heterocycles. The summed E-state index contributed by atoms with van der Waals surface area (Å²) >= 11 is 0. The Labute approximate surface area is 132 Å². The van der Waals surface area contributed by atoms with Crippen molar-refractivity contribution < 1.29 is 53.2 Å². The SMILES string of the molecule is CCOC(=O)C1=C(OS(=O)(=O)C(F)(F)F)C(C)[C@](C)(C(F)(F)F)O1. The molecule has 1 aliphatic rings. The van der Waals surface area contributed by atoms with Crippen LogP contribution < -0.4 is 0 Å². The van der Waals surface area contributed by atoms with Crippen LogP contribution in [0.3, 0.4) is 0 Å². The largest absolute Gasteiger partial charge is 0.534 e. The van der Waals surface area contributed by atoms with Crippen LogP contribution in [-0.4, -0.2) is 38.3 Å². The van der Waals surface area contributed by atoms with Crippen molar-refractivity contribution in [1.29, 1.82) is 0 Å². The molecule has 0 amide bonds. The molecule has 0 fully saturated rings. The molecule has 1 heterocycles. The van der Waals surface area contributed by atoms with Gasteiger partial charge in [-0.25, -0.2) is 4.79 Å². The topological polar surface area (TPSA) is 78.9 Å². The fourth-order valence-corrected chi connectivity index (χ4v) is 2.27. The molecule has 24 heavy (non-hydrogen) atoms. The highest BCUT2D eigenvalue weighted by molar-refractivity contribution is 7.87. The van der Waals surface area contributed by atoms with Crippen LogP contribution in [0.25, 0.3) is 0 Å². The van der Waals surface area contributed by atoms with E-state index in [9.17, 15) is 39.6 Å². The van der Waals surface area contributed by atoms with E-state index in [-0.39, 0.29) is 6.61 Å². The summed E-state index contributed by atoms with van der Waals surface area (Å²) in [5, 5.41) is 0. The summed E-state index contributed by atoms with van der Waals surface area (Å²) in [7, 11) is -6.30. The second kappa shape index (κ2) is 6.01. The molecule has 2 atom stereocenters. The van der Waals surface area contributed by atoms with Gasteiger partial charge in [0.15, 0.2) is 5.76 Å². The summed E-state index contributed by atoms with van der Waals surface area (Å²) in [5.74, 6) is -6.44. The van der Waals surface area contributed by atoms with Gasteiger partial charge in [-0.2, -0.15) is 34.8 Å². The van der Waals surface area contributed by atoms with E-state index in [1.165, 1.54) is 6.92 Å². The number of rotatable bonds is 4. The van der Waals surface area contributed by atoms with Gasteiger partial charge in [0.1, 0.15) is 0 Å². The fourth-order valence-electron chi connectivity index (χ4n) is 1.72. The summed E-state index contributed by atoms with van der Waals surface area (Å²) in [5.41, 5.74) is -9.08. The number of ether oxygens (including phenoxy) is 2. The maximum absolute atomic E-state index is 13.1. The third kappa shape index (κ3) is 3.39. The van der Waals surface area contributed by atoms with Crippen LogP contribution in [0.4, 0.5) is 26.3 Å². The fraction of sp³-hybridized carbons (Fsp3) is 0.727. The lowest BCUT2D eigenvalue weighted by Gasteiger charge is -2.31. The van der Waals surface area contributed by atoms with Crippen LogP contribution in [0, 0.1) is 5.92 Å². The molecule has 1 aliphatic heterocycles. The molecule has 0 aromatic rings. The Bertz CT molecular complexity index is 649. The molecule has 140 valence electrons. The summed E-state index contributed by atoms with van der Waals surface area (Å²) in [6, 6.07) is 0. The van der Waals surface area contributed by atoms with E-state index in [0.29, 0.717) is 13.8 Å². The second-order valence-electron chi connectivity index (χ2n) is 4.83. The third-order valence-electron chi connectivity index (χ3n) is 3.26. The maximum atomic E-state index is 13.1. The normalized spacial score (nSPS) is 25.5. The first-order valence-corrected chi connectivity index (χ1v) is 7.67. The van der Waals surface area contributed by atoms with E-state index >= 15 is 0 Å². The van der Waals surface area contributed by atoms with Gasteiger partial charge in [0, 0.05) is 0 Å². The monoisotopic (exact) mass is 386 g/mol. The van der Waals surface area contributed by atoms with Crippen molar-refractivity contribution in [2.75, 3.05) is 6.61 Å². The van der Waals surface area contributed by atoms with Crippen LogP contribution in [0.5, 0.6) is 0 Å². The summed E-state index contributed by atoms with van der Waals surface area (Å²) in [4.78, 5) is 11.6. The van der Waals surface area contributed by atoms with Gasteiger partial charge in [-0.05, 0) is 13.8 Å². The standard InChI is InChI=1S/C11H12F6O6S/c1-4-21-8(18)7-6(23-24(19,20)11(15,16)17)5(2)9(3,22-7)10(12,13)14/h5H,4H2,1-3H3/t5?,9-/m1/s1. The van der Waals surface area contributed by atoms with E-state index in [1.54, 1.807) is 0 Å². The Hall–Kier alpha value is -1.66. The molecule has 0 N–H and O–H groups in total. The molecule has 0 aromatic carbocycles. The van der Waals surface area contributed by atoms with Gasteiger partial charge < -0.3 is 13.7 Å². The highest BCUT2D eigenvalue weighted by atomic mass is 32.2. The first kappa shape index (κ1) is 20.4. The second-order valence-corrected chi connectivity index (χ2v) is 6.36. The molecular formula is C11H12F6O6S. The average Bonchev–Trinajstić information content (AvgIpc) is 2.63. The van der Waals surface area contributed by atoms with E-state index in [2.05, 4.69) is 13.7 Å². The zero-order chi connectivity index (χ0) is 19.1. The molecule has 13 heteroatoms. The Balaban J connectivity index is 3.42. The van der Waals surface area contributed by atoms with E-state index in [1.807, 2.05) is 0 Å². The lowest BCUT2D eigenvalue weighted by atomic mass is 9.90. The molecule has 0 radical (unpaired) electrons. The number of halogens is 6. The van der Waals surface area contributed by atoms with Crippen LogP contribution in [0.15, 0.2) is 11.5 Å². The first-order chi connectivity index (χ1) is 10.6. The number of carbonyl (C=O) groups excluding carboxylic acids is 1. The maximum Gasteiger partial charge on any atom is 0.534 e. The Morgan fingerprint density at radius 2 is 1.75 bits per heavy atom. The minimum atomic E-state index is -6.30. The van der Waals surface area contributed by atoms with Gasteiger partial charge in [0.05, 0.1) is 12.5 Å². The highest BCUT2D eigenvalue weighted by Crippen LogP contribution is 2.50. The van der Waals surface area contributed by atoms with Crippen molar-refractivity contribution in [1.82, 2.24) is 0 Å². The van der Waals surface area contributed by atoms with Gasteiger partial charge in [0.2, 0.25) is 11.4 Å². The van der Waals surface area contributed by atoms with Crippen LogP contribution >= 0.6 is 0 Å². The van der Waals surface area contributed by atoms with Gasteiger partial charge in [-0.1, -0.05) is 6.92 Å². The highest BCUT2D eigenvalue weighted by Gasteiger charge is 2.65. The van der Waals surface area contributed by atoms with Crippen molar-refractivity contribution >= 4 is 16.1 Å². The quantitative estimate of drug-likeness (QED) is 0.320. The minimum absolute atomic E-state index is 0.345. The van der Waals surface area contributed by atoms with Gasteiger partial charge in [0.25, 0.3) is 0 Å². The molecule has 1 unspecified atom stereocenters. The Kier molecular flexibility index (Phi) is 5.10. The summed E-state index contributed by atoms with van der Waals surface area (Å²) in [6.45, 7) is 2.07.